The van der Waals surface area contributed by atoms with E-state index in [1.165, 1.54) is 129 Å². The minimum atomic E-state index is -1.79. The summed E-state index contributed by atoms with van der Waals surface area (Å²) in [5.74, 6) is -1.21. The lowest BCUT2D eigenvalue weighted by Gasteiger charge is -2.24. The summed E-state index contributed by atoms with van der Waals surface area (Å²) < 4.78 is 9.80. The third-order valence-corrected chi connectivity index (χ3v) is 10.5. The summed E-state index contributed by atoms with van der Waals surface area (Å²) in [6, 6.07) is 17.2. The lowest BCUT2D eigenvalue weighted by Crippen LogP contribution is -2.46. The van der Waals surface area contributed by atoms with Gasteiger partial charge < -0.3 is 55.0 Å². The highest BCUT2D eigenvalue weighted by atomic mass is 16.6. The number of hydrogen-bond acceptors (Lipinski definition) is 13. The normalized spacial score (nSPS) is 12.3. The summed E-state index contributed by atoms with van der Waals surface area (Å²) in [6.45, 7) is 9.00. The standard InChI is InChI=1S/C18H34O2.C12H16O2.C10H20O.C9H11NO2.C6H12O6/c1-2-3-4-5-6-7-8-9-10-11-12-13-14-15-16-17-18(19)20;1-10(13)14-12(2,3)9-11-7-5-4-6-8-11;1-2-3-4-5-6-7-8-9-10-11;1-10-8-6-4-3-5-7(8)9(11)12-2;7-1-3(9)5(11)6(12)4(10)2-8/h9-10H,2-8,11-17H2,1H3,(H,19,20);4-8H,9H2,1-3H3;10H,2-9H2,1H3;3-6,10H,1-2H3;1,3-6,8-12H,2H2/b10-9-;;;;/t;;;;3-,4+,5+,6+/m....0/s1. The molecule has 14 heteroatoms. The first-order valence-electron chi connectivity index (χ1n) is 25.2. The topological polar surface area (TPSA) is 237 Å². The maximum absolute atomic E-state index is 11.1. The number of hydrogen-bond donors (Lipinski definition) is 7. The van der Waals surface area contributed by atoms with Crippen LogP contribution in [0.5, 0.6) is 0 Å². The number of aliphatic hydroxyl groups excluding tert-OH is 5. The number of benzene rings is 2. The number of carboxylic acids is 1. The lowest BCUT2D eigenvalue weighted by molar-refractivity contribution is -0.153. The number of para-hydroxylation sites is 1. The number of unbranched alkanes of at least 4 members (excludes halogenated alkanes) is 18. The molecule has 69 heavy (non-hydrogen) atoms. The molecule has 0 fully saturated rings. The van der Waals surface area contributed by atoms with E-state index in [4.69, 9.17) is 35.4 Å². The zero-order valence-corrected chi connectivity index (χ0v) is 43.3. The van der Waals surface area contributed by atoms with Crippen molar-refractivity contribution in [1.82, 2.24) is 0 Å². The fourth-order valence-corrected chi connectivity index (χ4v) is 6.65. The van der Waals surface area contributed by atoms with Gasteiger partial charge in [0, 0.05) is 38.9 Å². The van der Waals surface area contributed by atoms with E-state index in [0.717, 1.165) is 44.1 Å². The first kappa shape index (κ1) is 68.8. The molecule has 7 N–H and O–H groups in total. The van der Waals surface area contributed by atoms with Crippen LogP contribution >= 0.6 is 0 Å². The van der Waals surface area contributed by atoms with Gasteiger partial charge in [0.15, 0.2) is 6.29 Å². The van der Waals surface area contributed by atoms with E-state index in [-0.39, 0.29) is 18.2 Å². The molecule has 0 saturated heterocycles. The summed E-state index contributed by atoms with van der Waals surface area (Å²) in [5.41, 5.74) is 2.10. The van der Waals surface area contributed by atoms with Gasteiger partial charge in [-0.1, -0.05) is 158 Å². The summed E-state index contributed by atoms with van der Waals surface area (Å²) in [7, 11) is 3.14. The number of carboxylic acid groups (broad SMARTS) is 1. The first-order chi connectivity index (χ1) is 33.0. The summed E-state index contributed by atoms with van der Waals surface area (Å²) in [4.78, 5) is 52.1. The zero-order valence-electron chi connectivity index (χ0n) is 43.3. The van der Waals surface area contributed by atoms with E-state index in [1.54, 1.807) is 19.2 Å². The Morgan fingerprint density at radius 3 is 1.57 bits per heavy atom. The SMILES string of the molecule is CC(=O)OC(C)(C)Cc1ccccc1.CCCCCCCC/C=C\CCCCCCCC(=O)O.CCCCCCCCCC=O.CNc1ccccc1C(=O)OC.O=C[C@H](O)[C@@H](O)[C@H](O)[C@H](O)CO. The van der Waals surface area contributed by atoms with Crippen LogP contribution in [-0.4, -0.2) is 112 Å². The minimum absolute atomic E-state index is 0.0258. The zero-order chi connectivity index (χ0) is 52.6. The molecular weight excluding hydrogens is 883 g/mol. The number of aliphatic carboxylic acids is 1. The van der Waals surface area contributed by atoms with Crippen LogP contribution < -0.4 is 5.32 Å². The minimum Gasteiger partial charge on any atom is -0.481 e. The molecule has 0 saturated carbocycles. The Labute approximate surface area is 415 Å². The Hall–Kier alpha value is -4.47. The van der Waals surface area contributed by atoms with Gasteiger partial charge in [0.05, 0.1) is 19.3 Å². The molecule has 0 amide bonds. The largest absolute Gasteiger partial charge is 0.481 e. The van der Waals surface area contributed by atoms with Crippen molar-refractivity contribution in [3.63, 3.8) is 0 Å². The Morgan fingerprint density at radius 2 is 1.13 bits per heavy atom. The Bertz CT molecular complexity index is 1550. The average Bonchev–Trinajstić information content (AvgIpc) is 3.34. The number of allylic oxidation sites excluding steroid dienone is 2. The van der Waals surface area contributed by atoms with E-state index >= 15 is 0 Å². The van der Waals surface area contributed by atoms with Gasteiger partial charge in [-0.2, -0.15) is 0 Å². The molecule has 2 rings (SSSR count). The molecule has 0 heterocycles. The van der Waals surface area contributed by atoms with Gasteiger partial charge in [-0.3, -0.25) is 9.59 Å². The molecule has 0 aliphatic rings. The third-order valence-electron chi connectivity index (χ3n) is 10.5. The van der Waals surface area contributed by atoms with E-state index in [2.05, 4.69) is 36.1 Å². The van der Waals surface area contributed by atoms with Gasteiger partial charge in [0.25, 0.3) is 0 Å². The quantitative estimate of drug-likeness (QED) is 0.0153. The van der Waals surface area contributed by atoms with Crippen molar-refractivity contribution >= 4 is 36.2 Å². The van der Waals surface area contributed by atoms with Crippen molar-refractivity contribution in [2.24, 2.45) is 0 Å². The van der Waals surface area contributed by atoms with E-state index in [1.807, 2.05) is 56.3 Å². The van der Waals surface area contributed by atoms with Crippen molar-refractivity contribution in [2.45, 2.75) is 212 Å². The van der Waals surface area contributed by atoms with Crippen molar-refractivity contribution in [2.75, 3.05) is 26.1 Å². The van der Waals surface area contributed by atoms with E-state index in [9.17, 15) is 24.0 Å². The fraction of sp³-hybridized carbons (Fsp3) is 0.655. The van der Waals surface area contributed by atoms with Gasteiger partial charge in [0.2, 0.25) is 0 Å². The number of methoxy groups -OCH3 is 1. The third kappa shape index (κ3) is 44.5. The van der Waals surface area contributed by atoms with Crippen molar-refractivity contribution < 1.29 is 64.1 Å². The summed E-state index contributed by atoms with van der Waals surface area (Å²) in [5, 5.41) is 55.0. The van der Waals surface area contributed by atoms with E-state index in [0.29, 0.717) is 12.0 Å². The molecule has 0 spiro atoms. The van der Waals surface area contributed by atoms with Crippen LogP contribution in [0.1, 0.15) is 192 Å². The molecule has 396 valence electrons. The number of anilines is 1. The van der Waals surface area contributed by atoms with Gasteiger partial charge >= 0.3 is 17.9 Å². The number of esters is 2. The predicted octanol–water partition coefficient (Wildman–Crippen LogP) is 10.1. The number of carbonyl (C=O) groups excluding carboxylic acids is 4. The molecule has 0 radical (unpaired) electrons. The number of aldehydes is 2. The monoisotopic (exact) mass is 976 g/mol. The average molecular weight is 976 g/mol. The Balaban J connectivity index is -0.000000804. The van der Waals surface area contributed by atoms with Crippen LogP contribution in [0.25, 0.3) is 0 Å². The molecule has 2 aromatic rings. The molecule has 0 aromatic heterocycles. The highest BCUT2D eigenvalue weighted by molar-refractivity contribution is 5.95. The van der Waals surface area contributed by atoms with Gasteiger partial charge in [-0.25, -0.2) is 4.79 Å². The second-order valence-electron chi connectivity index (χ2n) is 17.5. The number of carbonyl (C=O) groups is 5. The smallest absolute Gasteiger partial charge is 0.339 e. The van der Waals surface area contributed by atoms with Crippen LogP contribution in [0.3, 0.4) is 0 Å². The highest BCUT2D eigenvalue weighted by Gasteiger charge is 2.29. The molecular formula is C55H93NO13. The molecule has 4 atom stereocenters. The molecule has 0 unspecified atom stereocenters. The van der Waals surface area contributed by atoms with E-state index < -0.39 is 42.6 Å². The number of nitrogens with one attached hydrogen (secondary N) is 1. The maximum Gasteiger partial charge on any atom is 0.339 e. The second kappa shape index (κ2) is 48.5. The van der Waals surface area contributed by atoms with Crippen molar-refractivity contribution in [3.05, 3.63) is 77.9 Å². The number of aliphatic hydroxyl groups is 5. The molecule has 14 nitrogen and oxygen atoms in total. The molecule has 0 aliphatic carbocycles. The fourth-order valence-electron chi connectivity index (χ4n) is 6.65. The summed E-state index contributed by atoms with van der Waals surface area (Å²) >= 11 is 0. The van der Waals surface area contributed by atoms with Crippen LogP contribution in [0.4, 0.5) is 5.69 Å². The molecule has 0 bridgehead atoms. The maximum atomic E-state index is 11.1. The lowest BCUT2D eigenvalue weighted by atomic mass is 9.98. The van der Waals surface area contributed by atoms with Crippen LogP contribution in [0.15, 0.2) is 66.7 Å². The number of ether oxygens (including phenoxy) is 2. The van der Waals surface area contributed by atoms with Crippen LogP contribution in [0.2, 0.25) is 0 Å². The Morgan fingerprint density at radius 1 is 0.667 bits per heavy atom. The van der Waals surface area contributed by atoms with Crippen molar-refractivity contribution in [3.8, 4) is 0 Å². The van der Waals surface area contributed by atoms with Gasteiger partial charge in [0.1, 0.15) is 36.3 Å². The molecule has 2 aromatic carbocycles. The molecule has 0 aliphatic heterocycles. The van der Waals surface area contributed by atoms with Crippen molar-refractivity contribution in [1.29, 1.82) is 0 Å². The van der Waals surface area contributed by atoms with Crippen LogP contribution in [0, 0.1) is 0 Å². The Kier molecular flexibility index (Phi) is 48.4. The van der Waals surface area contributed by atoms with Crippen LogP contribution in [-0.2, 0) is 35.1 Å². The number of rotatable bonds is 33. The summed E-state index contributed by atoms with van der Waals surface area (Å²) in [6.07, 6.45) is 26.0. The van der Waals surface area contributed by atoms with Gasteiger partial charge in [-0.15, -0.1) is 0 Å². The second-order valence-corrected chi connectivity index (χ2v) is 17.5. The predicted molar refractivity (Wildman–Crippen MR) is 276 cm³/mol. The highest BCUT2D eigenvalue weighted by Crippen LogP contribution is 2.17. The van der Waals surface area contributed by atoms with Gasteiger partial charge in [-0.05, 0) is 70.1 Å². The first-order valence-corrected chi connectivity index (χ1v) is 25.2.